The minimum absolute atomic E-state index is 0.000448. The van der Waals surface area contributed by atoms with Gasteiger partial charge in [0.15, 0.2) is 5.78 Å². The topological polar surface area (TPSA) is 39.2 Å². The molecule has 3 nitrogen and oxygen atoms in total. The van der Waals surface area contributed by atoms with Crippen LogP contribution in [-0.4, -0.2) is 17.4 Å². The van der Waals surface area contributed by atoms with E-state index in [2.05, 4.69) is 20.9 Å². The fraction of sp³-hybridized carbons (Fsp3) is 0.0526. The van der Waals surface area contributed by atoms with Crippen molar-refractivity contribution in [3.8, 4) is 5.75 Å². The number of ketones is 1. The van der Waals surface area contributed by atoms with Crippen LogP contribution in [-0.2, 0) is 0 Å². The number of nitrogens with zero attached hydrogens (tertiary/aromatic N) is 1. The first-order valence-corrected chi connectivity index (χ1v) is 8.03. The molecular weight excluding hydrogens is 354 g/mol. The second-order valence-electron chi connectivity index (χ2n) is 5.35. The number of carbonyl (C=O) groups excluding carboxylic acids is 1. The normalized spacial score (nSPS) is 15.5. The second-order valence-corrected chi connectivity index (χ2v) is 6.27. The molecule has 0 unspecified atom stereocenters. The van der Waals surface area contributed by atoms with Crippen molar-refractivity contribution in [3.05, 3.63) is 75.9 Å². The Bertz CT molecular complexity index is 957. The summed E-state index contributed by atoms with van der Waals surface area (Å²) in [6.07, 6.45) is 3.64. The first kappa shape index (κ1) is 14.2. The Kier molecular flexibility index (Phi) is 3.46. The average Bonchev–Trinajstić information content (AvgIpc) is 2.58. The van der Waals surface area contributed by atoms with Gasteiger partial charge in [0.05, 0.1) is 11.1 Å². The Morgan fingerprint density at radius 2 is 2.00 bits per heavy atom. The Morgan fingerprint density at radius 3 is 2.91 bits per heavy atom. The molecule has 112 valence electrons. The summed E-state index contributed by atoms with van der Waals surface area (Å²) in [6, 6.07) is 15.3. The summed E-state index contributed by atoms with van der Waals surface area (Å²) in [7, 11) is 0. The summed E-state index contributed by atoms with van der Waals surface area (Å²) in [6.45, 7) is 0.274. The third kappa shape index (κ3) is 2.55. The smallest absolute Gasteiger partial charge is 0.196 e. The van der Waals surface area contributed by atoms with Crippen molar-refractivity contribution in [3.63, 3.8) is 0 Å². The molecule has 0 atom stereocenters. The molecule has 0 bridgehead atoms. The lowest BCUT2D eigenvalue weighted by molar-refractivity contribution is 0.100. The summed E-state index contributed by atoms with van der Waals surface area (Å²) in [5.74, 6) is 0.631. The number of hydrogen-bond donors (Lipinski definition) is 0. The zero-order chi connectivity index (χ0) is 15.8. The molecule has 23 heavy (non-hydrogen) atoms. The highest BCUT2D eigenvalue weighted by atomic mass is 79.9. The predicted octanol–water partition coefficient (Wildman–Crippen LogP) is 4.66. The summed E-state index contributed by atoms with van der Waals surface area (Å²) >= 11 is 3.40. The van der Waals surface area contributed by atoms with E-state index in [0.717, 1.165) is 20.9 Å². The van der Waals surface area contributed by atoms with E-state index in [1.165, 1.54) is 0 Å². The number of Topliss-reactive ketones (excluding diaryl/α,β-unsaturated/α-hetero) is 1. The van der Waals surface area contributed by atoms with Gasteiger partial charge in [0.1, 0.15) is 12.4 Å². The Hall–Kier alpha value is -2.46. The molecule has 4 rings (SSSR count). The van der Waals surface area contributed by atoms with Crippen molar-refractivity contribution >= 4 is 38.7 Å². The van der Waals surface area contributed by atoms with Crippen LogP contribution in [0.2, 0.25) is 0 Å². The van der Waals surface area contributed by atoms with E-state index in [9.17, 15) is 4.79 Å². The SMILES string of the molecule is O=C1C(=Cc2cccc3cccnc23)COc2ccc(Br)cc21. The lowest BCUT2D eigenvalue weighted by atomic mass is 9.98. The monoisotopic (exact) mass is 365 g/mol. The van der Waals surface area contributed by atoms with Gasteiger partial charge in [-0.3, -0.25) is 9.78 Å². The number of aromatic nitrogens is 1. The van der Waals surface area contributed by atoms with Crippen LogP contribution in [0.1, 0.15) is 15.9 Å². The number of halogens is 1. The molecule has 0 spiro atoms. The van der Waals surface area contributed by atoms with Crippen LogP contribution < -0.4 is 4.74 Å². The molecule has 0 saturated carbocycles. The number of rotatable bonds is 1. The largest absolute Gasteiger partial charge is 0.488 e. The number of benzene rings is 2. The van der Waals surface area contributed by atoms with Crippen molar-refractivity contribution in [2.24, 2.45) is 0 Å². The third-order valence-electron chi connectivity index (χ3n) is 3.85. The van der Waals surface area contributed by atoms with E-state index < -0.39 is 0 Å². The first-order chi connectivity index (χ1) is 11.2. The number of pyridine rings is 1. The van der Waals surface area contributed by atoms with E-state index in [1.54, 1.807) is 12.3 Å². The minimum Gasteiger partial charge on any atom is -0.488 e. The molecule has 4 heteroatoms. The van der Waals surface area contributed by atoms with Gasteiger partial charge in [-0.2, -0.15) is 0 Å². The summed E-state index contributed by atoms with van der Waals surface area (Å²) < 4.78 is 6.58. The Morgan fingerprint density at radius 1 is 1.13 bits per heavy atom. The van der Waals surface area contributed by atoms with Gasteiger partial charge in [-0.05, 0) is 30.3 Å². The zero-order valence-electron chi connectivity index (χ0n) is 12.1. The number of fused-ring (bicyclic) bond motifs is 2. The average molecular weight is 366 g/mol. The van der Waals surface area contributed by atoms with Crippen LogP contribution in [0.5, 0.6) is 5.75 Å². The number of hydrogen-bond acceptors (Lipinski definition) is 3. The maximum absolute atomic E-state index is 12.7. The van der Waals surface area contributed by atoms with Gasteiger partial charge >= 0.3 is 0 Å². The highest BCUT2D eigenvalue weighted by Crippen LogP contribution is 2.31. The van der Waals surface area contributed by atoms with E-state index in [0.29, 0.717) is 16.9 Å². The third-order valence-corrected chi connectivity index (χ3v) is 4.35. The lowest BCUT2D eigenvalue weighted by Gasteiger charge is -2.19. The fourth-order valence-corrected chi connectivity index (χ4v) is 3.10. The van der Waals surface area contributed by atoms with Gasteiger partial charge in [-0.1, -0.05) is 40.2 Å². The quantitative estimate of drug-likeness (QED) is 0.589. The lowest BCUT2D eigenvalue weighted by Crippen LogP contribution is -2.19. The highest BCUT2D eigenvalue weighted by molar-refractivity contribution is 9.10. The summed E-state index contributed by atoms with van der Waals surface area (Å²) in [5.41, 5.74) is 3.03. The van der Waals surface area contributed by atoms with Gasteiger partial charge in [0.2, 0.25) is 0 Å². The predicted molar refractivity (Wildman–Crippen MR) is 93.7 cm³/mol. The number of ether oxygens (including phenoxy) is 1. The molecule has 2 aromatic carbocycles. The summed E-state index contributed by atoms with van der Waals surface area (Å²) in [5, 5.41) is 1.05. The molecule has 1 aliphatic heterocycles. The molecule has 0 amide bonds. The highest BCUT2D eigenvalue weighted by Gasteiger charge is 2.23. The molecule has 0 fully saturated rings. The molecular formula is C19H12BrNO2. The van der Waals surface area contributed by atoms with Crippen molar-refractivity contribution in [2.75, 3.05) is 6.61 Å². The van der Waals surface area contributed by atoms with Gasteiger partial charge in [0.25, 0.3) is 0 Å². The molecule has 0 radical (unpaired) electrons. The Balaban J connectivity index is 1.81. The van der Waals surface area contributed by atoms with Crippen LogP contribution in [0.25, 0.3) is 17.0 Å². The Labute approximate surface area is 141 Å². The van der Waals surface area contributed by atoms with Gasteiger partial charge in [-0.15, -0.1) is 0 Å². The zero-order valence-corrected chi connectivity index (χ0v) is 13.7. The van der Waals surface area contributed by atoms with Crippen molar-refractivity contribution in [1.29, 1.82) is 0 Å². The first-order valence-electron chi connectivity index (χ1n) is 7.24. The fourth-order valence-electron chi connectivity index (χ4n) is 2.74. The number of para-hydroxylation sites is 1. The van der Waals surface area contributed by atoms with Crippen molar-refractivity contribution < 1.29 is 9.53 Å². The van der Waals surface area contributed by atoms with E-state index in [4.69, 9.17) is 4.74 Å². The van der Waals surface area contributed by atoms with Gasteiger partial charge in [0, 0.05) is 27.2 Å². The van der Waals surface area contributed by atoms with E-state index >= 15 is 0 Å². The van der Waals surface area contributed by atoms with Crippen LogP contribution in [0.3, 0.4) is 0 Å². The van der Waals surface area contributed by atoms with E-state index in [1.807, 2.05) is 48.5 Å². The molecule has 0 N–H and O–H groups in total. The second kappa shape index (κ2) is 5.63. The minimum atomic E-state index is 0.000448. The maximum atomic E-state index is 12.7. The molecule has 1 aliphatic rings. The molecule has 2 heterocycles. The van der Waals surface area contributed by atoms with Gasteiger partial charge in [-0.25, -0.2) is 0 Å². The van der Waals surface area contributed by atoms with Crippen LogP contribution in [0.15, 0.2) is 64.8 Å². The van der Waals surface area contributed by atoms with Crippen LogP contribution >= 0.6 is 15.9 Å². The van der Waals surface area contributed by atoms with Crippen molar-refractivity contribution in [1.82, 2.24) is 4.98 Å². The van der Waals surface area contributed by atoms with Crippen LogP contribution in [0, 0.1) is 0 Å². The summed E-state index contributed by atoms with van der Waals surface area (Å²) in [4.78, 5) is 17.1. The molecule has 0 aliphatic carbocycles. The standard InChI is InChI=1S/C19H12BrNO2/c20-15-6-7-17-16(10-15)19(22)14(11-23-17)9-13-4-1-3-12-5-2-8-21-18(12)13/h1-10H,11H2. The van der Waals surface area contributed by atoms with E-state index in [-0.39, 0.29) is 12.4 Å². The van der Waals surface area contributed by atoms with Crippen molar-refractivity contribution in [2.45, 2.75) is 0 Å². The van der Waals surface area contributed by atoms with Gasteiger partial charge < -0.3 is 4.74 Å². The maximum Gasteiger partial charge on any atom is 0.196 e. The number of carbonyl (C=O) groups is 1. The molecule has 3 aromatic rings. The molecule has 0 saturated heterocycles. The van der Waals surface area contributed by atoms with Crippen LogP contribution in [0.4, 0.5) is 0 Å². The molecule has 1 aromatic heterocycles.